The van der Waals surface area contributed by atoms with Crippen LogP contribution in [0.25, 0.3) is 0 Å². The summed E-state index contributed by atoms with van der Waals surface area (Å²) in [6.45, 7) is 24.2. The van der Waals surface area contributed by atoms with E-state index in [0.717, 1.165) is 37.4 Å². The van der Waals surface area contributed by atoms with Gasteiger partial charge in [-0.25, -0.2) is 0 Å². The highest BCUT2D eigenvalue weighted by Gasteiger charge is 2.07. The Hall–Kier alpha value is -3.60. The fourth-order valence-corrected chi connectivity index (χ4v) is 4.64. The molecule has 0 aromatic heterocycles. The Labute approximate surface area is 306 Å². The second-order valence-electron chi connectivity index (χ2n) is 13.1. The summed E-state index contributed by atoms with van der Waals surface area (Å²) in [5, 5.41) is 0. The van der Waals surface area contributed by atoms with Crippen molar-refractivity contribution in [2.75, 3.05) is 13.7 Å². The maximum absolute atomic E-state index is 5.66. The zero-order valence-corrected chi connectivity index (χ0v) is 33.4. The van der Waals surface area contributed by atoms with Gasteiger partial charge in [-0.3, -0.25) is 0 Å². The normalized spacial score (nSPS) is 13.4. The fraction of sp³-hybridized carbons (Fsp3) is 0.478. The highest BCUT2D eigenvalue weighted by molar-refractivity contribution is 5.30. The van der Waals surface area contributed by atoms with Crippen molar-refractivity contribution in [1.29, 1.82) is 0 Å². The van der Waals surface area contributed by atoms with Crippen molar-refractivity contribution in [3.63, 3.8) is 0 Å². The summed E-state index contributed by atoms with van der Waals surface area (Å²) in [5.74, 6) is 3.66. The molecular weight excluding hydrogens is 617 g/mol. The Bertz CT molecular complexity index is 1350. The van der Waals surface area contributed by atoms with E-state index in [1.807, 2.05) is 56.3 Å². The first-order chi connectivity index (χ1) is 24.0. The van der Waals surface area contributed by atoms with Crippen LogP contribution in [0.15, 0.2) is 103 Å². The first kappa shape index (κ1) is 44.4. The van der Waals surface area contributed by atoms with Crippen LogP contribution in [-0.2, 0) is 9.47 Å². The third kappa shape index (κ3) is 19.0. The standard InChI is InChI=1S/C15H24O2.C13H20O2.C11H16.C7H8/c1-5-11-16-13(4)17-15-9-7-14(8-10-15)12(3)6-2;1-5-10(2)12-6-8-13(9-7-12)15-11(3)14-4;1-4-10(3)11-7-5-9(2)6-8-11;1-7-5-3-2-4-6-7/h7-10,12-13H,5-6,11H2,1-4H3;6-11H,5H2,1-4H3;5-8,10H,4H2,1-3H3;2-6H,1H3. The van der Waals surface area contributed by atoms with E-state index in [1.165, 1.54) is 34.2 Å². The van der Waals surface area contributed by atoms with Crippen LogP contribution in [-0.4, -0.2) is 26.3 Å². The van der Waals surface area contributed by atoms with Crippen molar-refractivity contribution in [2.45, 2.75) is 132 Å². The van der Waals surface area contributed by atoms with Gasteiger partial charge < -0.3 is 18.9 Å². The van der Waals surface area contributed by atoms with E-state index in [0.29, 0.717) is 17.8 Å². The van der Waals surface area contributed by atoms with Gasteiger partial charge in [-0.05, 0) is 112 Å². The summed E-state index contributed by atoms with van der Waals surface area (Å²) in [4.78, 5) is 0. The molecule has 0 heterocycles. The molecule has 0 saturated heterocycles. The van der Waals surface area contributed by atoms with E-state index in [4.69, 9.17) is 18.9 Å². The largest absolute Gasteiger partial charge is 0.465 e. The maximum atomic E-state index is 5.66. The first-order valence-corrected chi connectivity index (χ1v) is 18.7. The number of ether oxygens (including phenoxy) is 4. The predicted molar refractivity (Wildman–Crippen MR) is 215 cm³/mol. The van der Waals surface area contributed by atoms with Gasteiger partial charge >= 0.3 is 0 Å². The van der Waals surface area contributed by atoms with Crippen LogP contribution in [0.3, 0.4) is 0 Å². The zero-order valence-electron chi connectivity index (χ0n) is 33.4. The average Bonchev–Trinajstić information content (AvgIpc) is 3.15. The molecule has 0 fully saturated rings. The quantitative estimate of drug-likeness (QED) is 0.124. The number of hydrogen-bond acceptors (Lipinski definition) is 4. The molecule has 5 atom stereocenters. The number of aryl methyl sites for hydroxylation is 2. The predicted octanol–water partition coefficient (Wildman–Crippen LogP) is 13.4. The van der Waals surface area contributed by atoms with Gasteiger partial charge in [0.05, 0.1) is 6.61 Å². The van der Waals surface area contributed by atoms with Crippen molar-refractivity contribution in [3.05, 3.63) is 131 Å². The highest BCUT2D eigenvalue weighted by Crippen LogP contribution is 2.23. The number of hydrogen-bond donors (Lipinski definition) is 0. The molecule has 4 nitrogen and oxygen atoms in total. The van der Waals surface area contributed by atoms with E-state index < -0.39 is 0 Å². The van der Waals surface area contributed by atoms with Crippen LogP contribution >= 0.6 is 0 Å². The molecule has 0 aliphatic heterocycles. The second-order valence-corrected chi connectivity index (χ2v) is 13.1. The van der Waals surface area contributed by atoms with Gasteiger partial charge in [-0.1, -0.05) is 138 Å². The van der Waals surface area contributed by atoms with E-state index in [2.05, 4.69) is 123 Å². The molecule has 50 heavy (non-hydrogen) atoms. The molecule has 0 amide bonds. The topological polar surface area (TPSA) is 36.9 Å². The summed E-state index contributed by atoms with van der Waals surface area (Å²) in [6, 6.07) is 35.6. The first-order valence-electron chi connectivity index (χ1n) is 18.7. The van der Waals surface area contributed by atoms with Crippen LogP contribution in [0.2, 0.25) is 0 Å². The van der Waals surface area contributed by atoms with Gasteiger partial charge in [0.15, 0.2) is 12.6 Å². The third-order valence-corrected chi connectivity index (χ3v) is 8.81. The maximum Gasteiger partial charge on any atom is 0.196 e. The van der Waals surface area contributed by atoms with Crippen molar-refractivity contribution in [3.8, 4) is 11.5 Å². The molecule has 0 spiro atoms. The Balaban J connectivity index is 0.000000347. The van der Waals surface area contributed by atoms with Crippen LogP contribution in [0, 0.1) is 13.8 Å². The molecule has 0 aliphatic rings. The van der Waals surface area contributed by atoms with E-state index in [9.17, 15) is 0 Å². The van der Waals surface area contributed by atoms with Crippen LogP contribution < -0.4 is 9.47 Å². The number of methoxy groups -OCH3 is 1. The Kier molecular flexibility index (Phi) is 23.3. The molecule has 4 aromatic carbocycles. The van der Waals surface area contributed by atoms with Gasteiger partial charge in [0.25, 0.3) is 0 Å². The molecular formula is C46H68O4. The Morgan fingerprint density at radius 1 is 0.460 bits per heavy atom. The van der Waals surface area contributed by atoms with Gasteiger partial charge in [-0.2, -0.15) is 0 Å². The lowest BCUT2D eigenvalue weighted by molar-refractivity contribution is -0.0663. The minimum absolute atomic E-state index is 0.176. The molecule has 5 unspecified atom stereocenters. The molecule has 0 N–H and O–H groups in total. The zero-order chi connectivity index (χ0) is 37.3. The summed E-state index contributed by atoms with van der Waals surface area (Å²) in [5.41, 5.74) is 6.84. The second kappa shape index (κ2) is 26.2. The summed E-state index contributed by atoms with van der Waals surface area (Å²) in [6.07, 6.45) is 4.19. The molecule has 4 rings (SSSR count). The van der Waals surface area contributed by atoms with E-state index in [-0.39, 0.29) is 12.6 Å². The van der Waals surface area contributed by atoms with Crippen molar-refractivity contribution < 1.29 is 18.9 Å². The molecule has 4 aromatic rings. The van der Waals surface area contributed by atoms with Gasteiger partial charge in [0.1, 0.15) is 11.5 Å². The smallest absolute Gasteiger partial charge is 0.196 e. The van der Waals surface area contributed by atoms with Crippen molar-refractivity contribution >= 4 is 0 Å². The average molecular weight is 685 g/mol. The minimum atomic E-state index is -0.195. The van der Waals surface area contributed by atoms with Crippen LogP contribution in [0.5, 0.6) is 11.5 Å². The van der Waals surface area contributed by atoms with E-state index in [1.54, 1.807) is 7.11 Å². The summed E-state index contributed by atoms with van der Waals surface area (Å²) in [7, 11) is 1.64. The lowest BCUT2D eigenvalue weighted by Crippen LogP contribution is -2.16. The van der Waals surface area contributed by atoms with Crippen molar-refractivity contribution in [1.82, 2.24) is 0 Å². The Morgan fingerprint density at radius 2 is 0.820 bits per heavy atom. The fourth-order valence-electron chi connectivity index (χ4n) is 4.64. The van der Waals surface area contributed by atoms with Crippen LogP contribution in [0.4, 0.5) is 0 Å². The lowest BCUT2D eigenvalue weighted by atomic mass is 9.98. The van der Waals surface area contributed by atoms with Gasteiger partial charge in [-0.15, -0.1) is 0 Å². The molecule has 0 saturated carbocycles. The summed E-state index contributed by atoms with van der Waals surface area (Å²) < 4.78 is 21.7. The Morgan fingerprint density at radius 3 is 1.14 bits per heavy atom. The molecule has 0 bridgehead atoms. The SMILES string of the molecule is CCC(C)c1ccc(C)cc1.CCC(C)c1ccc(OC(C)OC)cc1.CCCOC(C)Oc1ccc(C(C)CC)cc1.Cc1ccccc1. The van der Waals surface area contributed by atoms with Crippen LogP contribution in [0.1, 0.15) is 134 Å². The number of benzene rings is 4. The highest BCUT2D eigenvalue weighted by atomic mass is 16.7. The molecule has 4 heteroatoms. The van der Waals surface area contributed by atoms with Gasteiger partial charge in [0, 0.05) is 7.11 Å². The van der Waals surface area contributed by atoms with Crippen molar-refractivity contribution in [2.24, 2.45) is 0 Å². The third-order valence-electron chi connectivity index (χ3n) is 8.81. The monoisotopic (exact) mass is 685 g/mol. The van der Waals surface area contributed by atoms with E-state index >= 15 is 0 Å². The molecule has 0 radical (unpaired) electrons. The lowest BCUT2D eigenvalue weighted by Gasteiger charge is -2.16. The molecule has 0 aliphatic carbocycles. The van der Waals surface area contributed by atoms with Gasteiger partial charge in [0.2, 0.25) is 0 Å². The number of rotatable bonds is 14. The summed E-state index contributed by atoms with van der Waals surface area (Å²) >= 11 is 0. The molecule has 276 valence electrons. The minimum Gasteiger partial charge on any atom is -0.465 e.